The van der Waals surface area contributed by atoms with Crippen molar-refractivity contribution in [1.82, 2.24) is 4.90 Å². The summed E-state index contributed by atoms with van der Waals surface area (Å²) in [5.41, 5.74) is 3.12. The zero-order valence-electron chi connectivity index (χ0n) is 17.9. The molecule has 0 amide bonds. The van der Waals surface area contributed by atoms with E-state index in [2.05, 4.69) is 11.0 Å². The number of ether oxygens (including phenoxy) is 5. The molecule has 0 N–H and O–H groups in total. The number of fused-ring (bicyclic) bond motifs is 2. The number of nitrogens with zero attached hydrogens (tertiary/aromatic N) is 2. The Morgan fingerprint density at radius 2 is 2.03 bits per heavy atom. The molecule has 0 aromatic heterocycles. The lowest BCUT2D eigenvalue weighted by molar-refractivity contribution is -0.0156. The maximum Gasteiger partial charge on any atom is 0.201 e. The lowest BCUT2D eigenvalue weighted by Crippen LogP contribution is -2.61. The summed E-state index contributed by atoms with van der Waals surface area (Å²) in [6.45, 7) is 2.39. The number of rotatable bonds is 5. The first-order valence-electron chi connectivity index (χ1n) is 10.7. The monoisotopic (exact) mass is 412 g/mol. The molecule has 0 aliphatic carbocycles. The Morgan fingerprint density at radius 3 is 2.77 bits per heavy atom. The molecule has 6 atom stereocenters. The lowest BCUT2D eigenvalue weighted by atomic mass is 9.68. The SMILES string of the molecule is COC/C=C1/CN2C3CC45C(=Nc6c(OC)cc(OC)c(OC)c64)OCC3C1CC25. The van der Waals surface area contributed by atoms with Crippen LogP contribution in [0, 0.1) is 11.8 Å². The minimum absolute atomic E-state index is 0.302. The van der Waals surface area contributed by atoms with E-state index in [1.165, 1.54) is 5.57 Å². The van der Waals surface area contributed by atoms with Gasteiger partial charge in [-0.2, -0.15) is 0 Å². The van der Waals surface area contributed by atoms with Gasteiger partial charge in [0.25, 0.3) is 0 Å². The fourth-order valence-electron chi connectivity index (χ4n) is 6.91. The minimum Gasteiger partial charge on any atom is -0.494 e. The van der Waals surface area contributed by atoms with Crippen LogP contribution in [0.1, 0.15) is 18.4 Å². The smallest absolute Gasteiger partial charge is 0.201 e. The van der Waals surface area contributed by atoms with Gasteiger partial charge in [-0.15, -0.1) is 0 Å². The fraction of sp³-hybridized carbons (Fsp3) is 0.609. The highest BCUT2D eigenvalue weighted by Gasteiger charge is 2.70. The standard InChI is InChI=1S/C23H28N2O5/c1-26-6-5-12-10-25-15-9-23-18(25)7-13(12)14(15)11-30-22(23)24-20-16(27-2)8-17(28-3)21(29-4)19(20)23/h5,8,13-15,18H,6-7,9-11H2,1-4H3/b12-5-. The van der Waals surface area contributed by atoms with Crippen LogP contribution in [0.3, 0.4) is 0 Å². The van der Waals surface area contributed by atoms with Crippen molar-refractivity contribution in [3.63, 3.8) is 0 Å². The van der Waals surface area contributed by atoms with Gasteiger partial charge in [0, 0.05) is 43.3 Å². The van der Waals surface area contributed by atoms with Crippen molar-refractivity contribution < 1.29 is 23.7 Å². The third kappa shape index (κ3) is 2.05. The quantitative estimate of drug-likeness (QED) is 0.693. The van der Waals surface area contributed by atoms with E-state index >= 15 is 0 Å². The normalized spacial score (nSPS) is 38.1. The number of hydrogen-bond donors (Lipinski definition) is 0. The van der Waals surface area contributed by atoms with Crippen LogP contribution in [0.25, 0.3) is 0 Å². The van der Waals surface area contributed by atoms with Gasteiger partial charge in [-0.3, -0.25) is 4.90 Å². The Hall–Kier alpha value is -2.25. The number of hydrogen-bond acceptors (Lipinski definition) is 7. The predicted molar refractivity (Wildman–Crippen MR) is 111 cm³/mol. The van der Waals surface area contributed by atoms with Gasteiger partial charge in [0.1, 0.15) is 11.4 Å². The highest BCUT2D eigenvalue weighted by molar-refractivity contribution is 6.01. The van der Waals surface area contributed by atoms with E-state index < -0.39 is 0 Å². The largest absolute Gasteiger partial charge is 0.494 e. The summed E-state index contributed by atoms with van der Waals surface area (Å²) in [7, 11) is 6.81. The molecule has 6 aliphatic rings. The molecule has 7 heteroatoms. The second-order valence-corrected chi connectivity index (χ2v) is 8.94. The topological polar surface area (TPSA) is 61.8 Å². The fourth-order valence-corrected chi connectivity index (χ4v) is 6.91. The zero-order chi connectivity index (χ0) is 20.6. The summed E-state index contributed by atoms with van der Waals surface area (Å²) in [6.07, 6.45) is 4.40. The molecule has 30 heavy (non-hydrogen) atoms. The van der Waals surface area contributed by atoms with E-state index in [0.29, 0.717) is 48.6 Å². The molecule has 6 aliphatic heterocycles. The Morgan fingerprint density at radius 1 is 1.20 bits per heavy atom. The first-order valence-corrected chi connectivity index (χ1v) is 10.7. The molecule has 6 unspecified atom stereocenters. The third-order valence-electron chi connectivity index (χ3n) is 8.05. The summed E-state index contributed by atoms with van der Waals surface area (Å²) in [5.74, 6) is 4.03. The van der Waals surface area contributed by atoms with Crippen LogP contribution >= 0.6 is 0 Å². The van der Waals surface area contributed by atoms with Crippen LogP contribution < -0.4 is 14.2 Å². The zero-order valence-corrected chi connectivity index (χ0v) is 17.9. The number of aliphatic imine (C=N–C) groups is 1. The van der Waals surface area contributed by atoms with E-state index in [9.17, 15) is 0 Å². The van der Waals surface area contributed by atoms with E-state index in [-0.39, 0.29) is 5.41 Å². The van der Waals surface area contributed by atoms with Crippen LogP contribution in [-0.2, 0) is 14.9 Å². The third-order valence-corrected chi connectivity index (χ3v) is 8.05. The van der Waals surface area contributed by atoms with Gasteiger partial charge in [-0.25, -0.2) is 4.99 Å². The second kappa shape index (κ2) is 6.37. The minimum atomic E-state index is -0.302. The first kappa shape index (κ1) is 18.5. The predicted octanol–water partition coefficient (Wildman–Crippen LogP) is 2.69. The van der Waals surface area contributed by atoms with Gasteiger partial charge in [0.2, 0.25) is 5.90 Å². The Bertz CT molecular complexity index is 973. The summed E-state index contributed by atoms with van der Waals surface area (Å²) >= 11 is 0. The van der Waals surface area contributed by atoms with E-state index in [1.54, 1.807) is 28.4 Å². The van der Waals surface area contributed by atoms with Crippen molar-refractivity contribution in [2.75, 3.05) is 48.2 Å². The first-order chi connectivity index (χ1) is 14.7. The number of piperidine rings is 3. The summed E-state index contributed by atoms with van der Waals surface area (Å²) < 4.78 is 29.1. The average molecular weight is 412 g/mol. The molecule has 1 aromatic carbocycles. The van der Waals surface area contributed by atoms with Gasteiger partial charge in [0.15, 0.2) is 11.5 Å². The van der Waals surface area contributed by atoms with Crippen molar-refractivity contribution in [2.45, 2.75) is 30.3 Å². The molecule has 0 saturated carbocycles. The molecule has 5 saturated heterocycles. The molecule has 6 heterocycles. The molecule has 0 radical (unpaired) electrons. The Labute approximate surface area is 176 Å². The van der Waals surface area contributed by atoms with Crippen LogP contribution in [0.2, 0.25) is 0 Å². The second-order valence-electron chi connectivity index (χ2n) is 8.94. The maximum absolute atomic E-state index is 6.46. The highest BCUT2D eigenvalue weighted by atomic mass is 16.5. The van der Waals surface area contributed by atoms with Crippen molar-refractivity contribution in [3.8, 4) is 17.2 Å². The van der Waals surface area contributed by atoms with Gasteiger partial charge in [-0.1, -0.05) is 11.6 Å². The lowest BCUT2D eigenvalue weighted by Gasteiger charge is -2.54. The maximum atomic E-state index is 6.46. The Balaban J connectivity index is 1.54. The number of benzene rings is 1. The van der Waals surface area contributed by atoms with Crippen molar-refractivity contribution in [2.24, 2.45) is 16.8 Å². The highest BCUT2D eigenvalue weighted by Crippen LogP contribution is 2.66. The van der Waals surface area contributed by atoms with E-state index in [4.69, 9.17) is 28.7 Å². The van der Waals surface area contributed by atoms with Crippen LogP contribution in [0.5, 0.6) is 17.2 Å². The molecule has 7 rings (SSSR count). The van der Waals surface area contributed by atoms with Crippen LogP contribution in [-0.4, -0.2) is 71.1 Å². The molecule has 7 nitrogen and oxygen atoms in total. The summed E-state index contributed by atoms with van der Waals surface area (Å²) in [5, 5.41) is 0. The van der Waals surface area contributed by atoms with Gasteiger partial charge in [0.05, 0.1) is 40.0 Å². The van der Waals surface area contributed by atoms with Gasteiger partial charge >= 0.3 is 0 Å². The number of methoxy groups -OCH3 is 4. The van der Waals surface area contributed by atoms with E-state index in [1.807, 2.05) is 6.07 Å². The van der Waals surface area contributed by atoms with E-state index in [0.717, 1.165) is 42.3 Å². The summed E-state index contributed by atoms with van der Waals surface area (Å²) in [6, 6.07) is 2.70. The van der Waals surface area contributed by atoms with Gasteiger partial charge in [-0.05, 0) is 18.8 Å². The van der Waals surface area contributed by atoms with Crippen molar-refractivity contribution in [3.05, 3.63) is 23.3 Å². The molecular formula is C23H28N2O5. The average Bonchev–Trinajstić information content (AvgIpc) is 3.14. The Kier molecular flexibility index (Phi) is 3.93. The molecule has 1 aromatic rings. The van der Waals surface area contributed by atoms with Crippen LogP contribution in [0.15, 0.2) is 22.7 Å². The summed E-state index contributed by atoms with van der Waals surface area (Å²) in [4.78, 5) is 7.70. The van der Waals surface area contributed by atoms with Gasteiger partial charge < -0.3 is 23.7 Å². The van der Waals surface area contributed by atoms with Crippen LogP contribution in [0.4, 0.5) is 5.69 Å². The molecular weight excluding hydrogens is 384 g/mol. The molecule has 1 spiro atoms. The molecule has 160 valence electrons. The molecule has 5 bridgehead atoms. The molecule has 5 fully saturated rings. The van der Waals surface area contributed by atoms with Crippen molar-refractivity contribution >= 4 is 11.6 Å². The van der Waals surface area contributed by atoms with Crippen molar-refractivity contribution in [1.29, 1.82) is 0 Å².